The van der Waals surface area contributed by atoms with Gasteiger partial charge in [-0.2, -0.15) is 5.26 Å². The van der Waals surface area contributed by atoms with Crippen molar-refractivity contribution in [1.29, 1.82) is 5.26 Å². The Bertz CT molecular complexity index is 453. The average molecular weight is 212 g/mol. The third kappa shape index (κ3) is 1.99. The maximum atomic E-state index is 12.4. The van der Waals surface area contributed by atoms with E-state index in [1.165, 1.54) is 6.07 Å². The highest BCUT2D eigenvalue weighted by Gasteiger charge is 2.19. The van der Waals surface area contributed by atoms with Gasteiger partial charge in [-0.1, -0.05) is 0 Å². The molecule has 1 aromatic rings. The van der Waals surface area contributed by atoms with E-state index >= 15 is 0 Å². The molecule has 0 unspecified atom stereocenters. The van der Waals surface area contributed by atoms with Crippen molar-refractivity contribution in [2.75, 3.05) is 5.73 Å². The van der Waals surface area contributed by atoms with Crippen molar-refractivity contribution in [3.63, 3.8) is 0 Å². The number of pyridine rings is 1. The number of rotatable bonds is 2. The first kappa shape index (κ1) is 10.8. The number of nitriles is 1. The molecule has 0 aromatic carbocycles. The monoisotopic (exact) mass is 212 g/mol. The number of nitrogens with zero attached hydrogens (tertiary/aromatic N) is 2. The first-order valence-electron chi connectivity index (χ1n) is 3.75. The summed E-state index contributed by atoms with van der Waals surface area (Å²) in [5, 5.41) is 8.50. The smallest absolute Gasteiger partial charge is 0.266 e. The maximum absolute atomic E-state index is 12.4. The minimum Gasteiger partial charge on any atom is -0.383 e. The Morgan fingerprint density at radius 2 is 2.20 bits per heavy atom. The second-order valence-corrected chi connectivity index (χ2v) is 2.64. The van der Waals surface area contributed by atoms with Crippen molar-refractivity contribution in [3.05, 3.63) is 22.9 Å². The first-order chi connectivity index (χ1) is 6.97. The standard InChI is InChI=1S/C8H6F2N4O/c9-6(10)3-1-4(8(13)15)7(12)14-5(3)2-11/h1,6H,(H2,12,14)(H2,13,15). The van der Waals surface area contributed by atoms with Gasteiger partial charge in [0.05, 0.1) is 11.1 Å². The minimum atomic E-state index is -2.91. The van der Waals surface area contributed by atoms with Gasteiger partial charge in [-0.3, -0.25) is 4.79 Å². The van der Waals surface area contributed by atoms with E-state index in [4.69, 9.17) is 16.7 Å². The van der Waals surface area contributed by atoms with E-state index in [2.05, 4.69) is 4.98 Å². The number of alkyl halides is 2. The summed E-state index contributed by atoms with van der Waals surface area (Å²) >= 11 is 0. The molecule has 4 N–H and O–H groups in total. The van der Waals surface area contributed by atoms with E-state index in [9.17, 15) is 13.6 Å². The number of carbonyl (C=O) groups is 1. The SMILES string of the molecule is N#Cc1nc(N)c(C(N)=O)cc1C(F)F. The van der Waals surface area contributed by atoms with Crippen molar-refractivity contribution in [1.82, 2.24) is 4.98 Å². The summed E-state index contributed by atoms with van der Waals surface area (Å²) in [5.74, 6) is -1.30. The molecule has 0 radical (unpaired) electrons. The summed E-state index contributed by atoms with van der Waals surface area (Å²) < 4.78 is 24.8. The molecule has 5 nitrogen and oxygen atoms in total. The van der Waals surface area contributed by atoms with Gasteiger partial charge in [0.15, 0.2) is 5.69 Å². The normalized spacial score (nSPS) is 10.0. The number of primary amides is 1. The maximum Gasteiger partial charge on any atom is 0.266 e. The molecule has 0 spiro atoms. The number of aromatic nitrogens is 1. The Morgan fingerprint density at radius 3 is 2.60 bits per heavy atom. The number of anilines is 1. The highest BCUT2D eigenvalue weighted by Crippen LogP contribution is 2.24. The molecule has 0 atom stereocenters. The van der Waals surface area contributed by atoms with Crippen LogP contribution in [0.25, 0.3) is 0 Å². The van der Waals surface area contributed by atoms with Crippen LogP contribution in [0.15, 0.2) is 6.07 Å². The summed E-state index contributed by atoms with van der Waals surface area (Å²) in [7, 11) is 0. The summed E-state index contributed by atoms with van der Waals surface area (Å²) in [5.41, 5.74) is 8.67. The van der Waals surface area contributed by atoms with Gasteiger partial charge in [-0.05, 0) is 6.07 Å². The van der Waals surface area contributed by atoms with Crippen LogP contribution in [0.5, 0.6) is 0 Å². The fourth-order valence-corrected chi connectivity index (χ4v) is 0.996. The van der Waals surface area contributed by atoms with Gasteiger partial charge in [0.25, 0.3) is 12.3 Å². The van der Waals surface area contributed by atoms with E-state index in [1.54, 1.807) is 0 Å². The van der Waals surface area contributed by atoms with Gasteiger partial charge in [0.1, 0.15) is 11.9 Å². The van der Waals surface area contributed by atoms with Crippen LogP contribution in [0.4, 0.5) is 14.6 Å². The number of carbonyl (C=O) groups excluding carboxylic acids is 1. The van der Waals surface area contributed by atoms with Gasteiger partial charge in [-0.25, -0.2) is 13.8 Å². The number of hydrogen-bond acceptors (Lipinski definition) is 4. The summed E-state index contributed by atoms with van der Waals surface area (Å²) in [6, 6.07) is 2.25. The zero-order valence-corrected chi connectivity index (χ0v) is 7.37. The Morgan fingerprint density at radius 1 is 1.60 bits per heavy atom. The van der Waals surface area contributed by atoms with E-state index < -0.39 is 23.6 Å². The molecule has 0 bridgehead atoms. The largest absolute Gasteiger partial charge is 0.383 e. The summed E-state index contributed by atoms with van der Waals surface area (Å²) in [4.78, 5) is 14.1. The fraction of sp³-hybridized carbons (Fsp3) is 0.125. The number of nitrogen functional groups attached to an aromatic ring is 1. The van der Waals surface area contributed by atoms with E-state index in [0.29, 0.717) is 0 Å². The zero-order valence-electron chi connectivity index (χ0n) is 7.37. The van der Waals surface area contributed by atoms with Crippen molar-refractivity contribution in [2.45, 2.75) is 6.43 Å². The molecule has 78 valence electrons. The predicted octanol–water partition coefficient (Wildman–Crippen LogP) is 0.572. The van der Waals surface area contributed by atoms with E-state index in [-0.39, 0.29) is 11.4 Å². The quantitative estimate of drug-likeness (QED) is 0.747. The predicted molar refractivity (Wildman–Crippen MR) is 46.8 cm³/mol. The van der Waals surface area contributed by atoms with Crippen LogP contribution in [-0.4, -0.2) is 10.9 Å². The second-order valence-electron chi connectivity index (χ2n) is 2.64. The van der Waals surface area contributed by atoms with Crippen molar-refractivity contribution in [2.24, 2.45) is 5.73 Å². The van der Waals surface area contributed by atoms with Gasteiger partial charge < -0.3 is 11.5 Å². The second kappa shape index (κ2) is 3.88. The van der Waals surface area contributed by atoms with Crippen LogP contribution in [0, 0.1) is 11.3 Å². The fourth-order valence-electron chi connectivity index (χ4n) is 0.996. The molecule has 1 rings (SSSR count). The van der Waals surface area contributed by atoms with Crippen LogP contribution in [0.3, 0.4) is 0 Å². The zero-order chi connectivity index (χ0) is 11.6. The lowest BCUT2D eigenvalue weighted by molar-refractivity contribution is 0.100. The number of halogens is 2. The van der Waals surface area contributed by atoms with E-state index in [0.717, 1.165) is 6.07 Å². The van der Waals surface area contributed by atoms with Crippen LogP contribution in [-0.2, 0) is 0 Å². The number of hydrogen-bond donors (Lipinski definition) is 2. The van der Waals surface area contributed by atoms with Crippen LogP contribution in [0.2, 0.25) is 0 Å². The Labute approximate surface area is 83.3 Å². The van der Waals surface area contributed by atoms with Crippen molar-refractivity contribution in [3.8, 4) is 6.07 Å². The molecule has 1 heterocycles. The van der Waals surface area contributed by atoms with Gasteiger partial charge >= 0.3 is 0 Å². The third-order valence-corrected chi connectivity index (χ3v) is 1.69. The molecule has 1 aromatic heterocycles. The van der Waals surface area contributed by atoms with Crippen molar-refractivity contribution < 1.29 is 13.6 Å². The topological polar surface area (TPSA) is 106 Å². The summed E-state index contributed by atoms with van der Waals surface area (Å²) in [6.07, 6.45) is -2.91. The third-order valence-electron chi connectivity index (χ3n) is 1.69. The Balaban J connectivity index is 3.45. The van der Waals surface area contributed by atoms with Gasteiger partial charge in [0, 0.05) is 0 Å². The lowest BCUT2D eigenvalue weighted by Gasteiger charge is -2.06. The van der Waals surface area contributed by atoms with E-state index in [1.807, 2.05) is 0 Å². The van der Waals surface area contributed by atoms with Crippen LogP contribution >= 0.6 is 0 Å². The van der Waals surface area contributed by atoms with Gasteiger partial charge in [-0.15, -0.1) is 0 Å². The molecule has 0 fully saturated rings. The molecule has 1 amide bonds. The van der Waals surface area contributed by atoms with Gasteiger partial charge in [0.2, 0.25) is 0 Å². The molecular formula is C8H6F2N4O. The molecule has 15 heavy (non-hydrogen) atoms. The molecule has 0 aliphatic rings. The Hall–Kier alpha value is -2.23. The summed E-state index contributed by atoms with van der Waals surface area (Å²) in [6.45, 7) is 0. The van der Waals surface area contributed by atoms with Crippen LogP contribution < -0.4 is 11.5 Å². The highest BCUT2D eigenvalue weighted by atomic mass is 19.3. The van der Waals surface area contributed by atoms with Crippen molar-refractivity contribution >= 4 is 11.7 Å². The molecular weight excluding hydrogens is 206 g/mol. The molecule has 0 saturated heterocycles. The lowest BCUT2D eigenvalue weighted by atomic mass is 10.1. The number of amides is 1. The lowest BCUT2D eigenvalue weighted by Crippen LogP contribution is -2.16. The molecule has 7 heteroatoms. The molecule has 0 aliphatic carbocycles. The number of nitrogens with two attached hydrogens (primary N) is 2. The molecule has 0 aliphatic heterocycles. The average Bonchev–Trinajstić information content (AvgIpc) is 2.16. The minimum absolute atomic E-state index is 0.315. The van der Waals surface area contributed by atoms with Crippen LogP contribution in [0.1, 0.15) is 28.0 Å². The molecule has 0 saturated carbocycles. The first-order valence-corrected chi connectivity index (χ1v) is 3.75. The highest BCUT2D eigenvalue weighted by molar-refractivity contribution is 5.97. The Kier molecular flexibility index (Phi) is 2.80.